The maximum absolute atomic E-state index is 12.1. The third kappa shape index (κ3) is 4.37. The van der Waals surface area contributed by atoms with Gasteiger partial charge in [0.15, 0.2) is 0 Å². The van der Waals surface area contributed by atoms with Crippen LogP contribution in [0, 0.1) is 5.92 Å². The molecule has 6 nitrogen and oxygen atoms in total. The maximum atomic E-state index is 12.1. The first-order chi connectivity index (χ1) is 11.0. The van der Waals surface area contributed by atoms with Gasteiger partial charge in [-0.2, -0.15) is 0 Å². The quantitative estimate of drug-likeness (QED) is 0.802. The summed E-state index contributed by atoms with van der Waals surface area (Å²) in [5, 5.41) is 12.0. The monoisotopic (exact) mass is 321 g/mol. The number of aryl methyl sites for hydroxylation is 1. The van der Waals surface area contributed by atoms with Crippen molar-refractivity contribution in [2.75, 3.05) is 14.2 Å². The van der Waals surface area contributed by atoms with Gasteiger partial charge in [-0.1, -0.05) is 6.42 Å². The van der Waals surface area contributed by atoms with Gasteiger partial charge < -0.3 is 19.9 Å². The number of nitrogens with one attached hydrogen (secondary N) is 1. The number of carboxylic acids is 1. The lowest BCUT2D eigenvalue weighted by molar-refractivity contribution is -0.142. The number of carbonyl (C=O) groups is 2. The molecule has 126 valence electrons. The molecule has 1 amide bonds. The highest BCUT2D eigenvalue weighted by Crippen LogP contribution is 2.27. The Kier molecular flexibility index (Phi) is 5.84. The Labute approximate surface area is 135 Å². The number of carbonyl (C=O) groups excluding carboxylic acids is 1. The molecule has 1 aliphatic rings. The van der Waals surface area contributed by atoms with E-state index in [1.807, 2.05) is 12.1 Å². The molecule has 1 aromatic carbocycles. The van der Waals surface area contributed by atoms with Gasteiger partial charge in [-0.15, -0.1) is 0 Å². The van der Waals surface area contributed by atoms with E-state index in [4.69, 9.17) is 14.6 Å². The van der Waals surface area contributed by atoms with E-state index in [2.05, 4.69) is 5.32 Å². The fraction of sp³-hybridized carbons (Fsp3) is 0.529. The minimum absolute atomic E-state index is 0.131. The summed E-state index contributed by atoms with van der Waals surface area (Å²) in [6, 6.07) is 5.20. The van der Waals surface area contributed by atoms with Crippen molar-refractivity contribution in [2.24, 2.45) is 5.92 Å². The summed E-state index contributed by atoms with van der Waals surface area (Å²) < 4.78 is 10.5. The van der Waals surface area contributed by atoms with Gasteiger partial charge >= 0.3 is 5.97 Å². The Balaban J connectivity index is 1.93. The first kappa shape index (κ1) is 17.1. The molecule has 1 aliphatic carbocycles. The van der Waals surface area contributed by atoms with E-state index in [0.29, 0.717) is 24.3 Å². The van der Waals surface area contributed by atoms with Crippen LogP contribution in [0.5, 0.6) is 11.5 Å². The zero-order chi connectivity index (χ0) is 16.8. The SMILES string of the molecule is COc1ccc(OC)c(CCC(=O)N[C@@H]2CCC[C@@H]2C(=O)O)c1. The highest BCUT2D eigenvalue weighted by molar-refractivity contribution is 5.78. The average Bonchev–Trinajstić information content (AvgIpc) is 3.00. The molecule has 6 heteroatoms. The third-order valence-electron chi connectivity index (χ3n) is 4.29. The van der Waals surface area contributed by atoms with E-state index in [1.165, 1.54) is 0 Å². The van der Waals surface area contributed by atoms with Crippen LogP contribution in [0.25, 0.3) is 0 Å². The van der Waals surface area contributed by atoms with Crippen molar-refractivity contribution in [1.82, 2.24) is 5.32 Å². The number of amides is 1. The van der Waals surface area contributed by atoms with Gasteiger partial charge in [0.05, 0.1) is 20.1 Å². The van der Waals surface area contributed by atoms with Gasteiger partial charge in [0.1, 0.15) is 11.5 Å². The molecule has 2 N–H and O–H groups in total. The van der Waals surface area contributed by atoms with Crippen LogP contribution in [0.2, 0.25) is 0 Å². The molecule has 1 aromatic rings. The van der Waals surface area contributed by atoms with Crippen LogP contribution >= 0.6 is 0 Å². The number of rotatable bonds is 7. The lowest BCUT2D eigenvalue weighted by Crippen LogP contribution is -2.40. The van der Waals surface area contributed by atoms with Crippen LogP contribution < -0.4 is 14.8 Å². The van der Waals surface area contributed by atoms with Gasteiger partial charge in [0, 0.05) is 12.5 Å². The number of carboxylic acid groups (broad SMARTS) is 1. The summed E-state index contributed by atoms with van der Waals surface area (Å²) >= 11 is 0. The smallest absolute Gasteiger partial charge is 0.308 e. The van der Waals surface area contributed by atoms with E-state index in [9.17, 15) is 9.59 Å². The fourth-order valence-electron chi connectivity index (χ4n) is 3.03. The molecule has 0 aromatic heterocycles. The minimum Gasteiger partial charge on any atom is -0.497 e. The minimum atomic E-state index is -0.831. The molecule has 0 radical (unpaired) electrons. The van der Waals surface area contributed by atoms with Crippen molar-refractivity contribution in [3.63, 3.8) is 0 Å². The number of hydrogen-bond acceptors (Lipinski definition) is 4. The highest BCUT2D eigenvalue weighted by Gasteiger charge is 2.33. The van der Waals surface area contributed by atoms with Crippen molar-refractivity contribution in [3.8, 4) is 11.5 Å². The Morgan fingerprint density at radius 3 is 2.70 bits per heavy atom. The maximum Gasteiger partial charge on any atom is 0.308 e. The van der Waals surface area contributed by atoms with Gasteiger partial charge in [0.25, 0.3) is 0 Å². The zero-order valence-electron chi connectivity index (χ0n) is 13.5. The van der Waals surface area contributed by atoms with Crippen LogP contribution in [-0.4, -0.2) is 37.2 Å². The number of benzene rings is 1. The zero-order valence-corrected chi connectivity index (χ0v) is 13.5. The Morgan fingerprint density at radius 2 is 2.04 bits per heavy atom. The number of hydrogen-bond donors (Lipinski definition) is 2. The molecule has 1 fully saturated rings. The molecule has 2 rings (SSSR count). The van der Waals surface area contributed by atoms with Crippen LogP contribution in [0.3, 0.4) is 0 Å². The summed E-state index contributed by atoms with van der Waals surface area (Å²) in [5.74, 6) is -0.00795. The Morgan fingerprint density at radius 1 is 1.26 bits per heavy atom. The Hall–Kier alpha value is -2.24. The molecule has 2 atom stereocenters. The van der Waals surface area contributed by atoms with Crippen molar-refractivity contribution in [3.05, 3.63) is 23.8 Å². The third-order valence-corrected chi connectivity index (χ3v) is 4.29. The molecule has 0 saturated heterocycles. The van der Waals surface area contributed by atoms with Crippen LogP contribution in [-0.2, 0) is 16.0 Å². The molecule has 23 heavy (non-hydrogen) atoms. The van der Waals surface area contributed by atoms with Crippen molar-refractivity contribution in [2.45, 2.75) is 38.1 Å². The molecular formula is C17H23NO5. The molecule has 0 spiro atoms. The van der Waals surface area contributed by atoms with Gasteiger partial charge in [-0.25, -0.2) is 0 Å². The first-order valence-electron chi connectivity index (χ1n) is 7.78. The van der Waals surface area contributed by atoms with Crippen molar-refractivity contribution in [1.29, 1.82) is 0 Å². The molecule has 0 bridgehead atoms. The second-order valence-corrected chi connectivity index (χ2v) is 5.73. The largest absolute Gasteiger partial charge is 0.497 e. The van der Waals surface area contributed by atoms with Crippen molar-refractivity contribution < 1.29 is 24.2 Å². The number of methoxy groups -OCH3 is 2. The fourth-order valence-corrected chi connectivity index (χ4v) is 3.03. The summed E-state index contributed by atoms with van der Waals surface area (Å²) in [7, 11) is 3.17. The number of aliphatic carboxylic acids is 1. The van der Waals surface area contributed by atoms with Gasteiger partial charge in [-0.05, 0) is 43.0 Å². The second-order valence-electron chi connectivity index (χ2n) is 5.73. The molecule has 0 aliphatic heterocycles. The first-order valence-corrected chi connectivity index (χ1v) is 7.78. The van der Waals surface area contributed by atoms with Crippen LogP contribution in [0.4, 0.5) is 0 Å². The van der Waals surface area contributed by atoms with E-state index >= 15 is 0 Å². The van der Waals surface area contributed by atoms with E-state index in [1.54, 1.807) is 20.3 Å². The number of ether oxygens (including phenoxy) is 2. The van der Waals surface area contributed by atoms with Gasteiger partial charge in [-0.3, -0.25) is 9.59 Å². The second kappa shape index (κ2) is 7.85. The molecule has 1 saturated carbocycles. The topological polar surface area (TPSA) is 84.9 Å². The summed E-state index contributed by atoms with van der Waals surface area (Å²) in [5.41, 5.74) is 0.892. The van der Waals surface area contributed by atoms with E-state index < -0.39 is 11.9 Å². The summed E-state index contributed by atoms with van der Waals surface area (Å²) in [6.45, 7) is 0. The summed E-state index contributed by atoms with van der Waals surface area (Å²) in [4.78, 5) is 23.3. The normalized spacial score (nSPS) is 20.1. The molecular weight excluding hydrogens is 298 g/mol. The average molecular weight is 321 g/mol. The van der Waals surface area contributed by atoms with E-state index in [-0.39, 0.29) is 18.4 Å². The van der Waals surface area contributed by atoms with Crippen LogP contribution in [0.15, 0.2) is 18.2 Å². The molecule has 0 heterocycles. The Bertz CT molecular complexity index is 572. The van der Waals surface area contributed by atoms with E-state index in [0.717, 1.165) is 18.4 Å². The van der Waals surface area contributed by atoms with Gasteiger partial charge in [0.2, 0.25) is 5.91 Å². The van der Waals surface area contributed by atoms with Crippen molar-refractivity contribution >= 4 is 11.9 Å². The predicted molar refractivity (Wildman–Crippen MR) is 84.8 cm³/mol. The standard InChI is InChI=1S/C17H23NO5/c1-22-12-7-8-15(23-2)11(10-12)6-9-16(19)18-14-5-3-4-13(14)17(20)21/h7-8,10,13-14H,3-6,9H2,1-2H3,(H,18,19)(H,20,21)/t13-,14+/m0/s1. The highest BCUT2D eigenvalue weighted by atomic mass is 16.5. The lowest BCUT2D eigenvalue weighted by Gasteiger charge is -2.17. The summed E-state index contributed by atoms with van der Waals surface area (Å²) in [6.07, 6.45) is 2.99. The van der Waals surface area contributed by atoms with Crippen LogP contribution in [0.1, 0.15) is 31.2 Å². The molecule has 0 unspecified atom stereocenters. The predicted octanol–water partition coefficient (Wildman–Crippen LogP) is 2.01. The lowest BCUT2D eigenvalue weighted by atomic mass is 10.0.